The van der Waals surface area contributed by atoms with Gasteiger partial charge in [-0.05, 0) is 43.4 Å². The second-order valence-electron chi connectivity index (χ2n) is 6.47. The lowest BCUT2D eigenvalue weighted by molar-refractivity contribution is -0.0580. The molecule has 0 heterocycles. The monoisotopic (exact) mass is 218 g/mol. The average molecular weight is 218 g/mol. The van der Waals surface area contributed by atoms with Crippen LogP contribution in [0.1, 0.15) is 71.1 Å². The highest BCUT2D eigenvalue weighted by Gasteiger charge is 2.61. The summed E-state index contributed by atoms with van der Waals surface area (Å²) in [5.74, 6) is 1.06. The molecule has 0 nitrogen and oxygen atoms in total. The Labute approximate surface area is 101 Å². The molecule has 0 aromatic heterocycles. The lowest BCUT2D eigenvalue weighted by atomic mass is 9.41. The van der Waals surface area contributed by atoms with Crippen molar-refractivity contribution in [2.45, 2.75) is 71.1 Å². The molecule has 0 heteroatoms. The van der Waals surface area contributed by atoms with E-state index in [-0.39, 0.29) is 0 Å². The van der Waals surface area contributed by atoms with Crippen molar-refractivity contribution in [3.05, 3.63) is 12.2 Å². The number of rotatable bonds is 4. The largest absolute Gasteiger partial charge is 0.0808 e. The molecule has 2 saturated carbocycles. The van der Waals surface area contributed by atoms with Gasteiger partial charge in [0.05, 0.1) is 0 Å². The minimum Gasteiger partial charge on any atom is -0.0808 e. The number of allylic oxidation sites excluding steroid dienone is 2. The van der Waals surface area contributed by atoms with Crippen molar-refractivity contribution in [2.75, 3.05) is 0 Å². The fourth-order valence-electron chi connectivity index (χ4n) is 4.75. The fraction of sp³-hybridized carbons (Fsp3) is 0.875. The van der Waals surface area contributed by atoms with Crippen LogP contribution in [0.3, 0.4) is 0 Å². The topological polar surface area (TPSA) is 0 Å². The first-order chi connectivity index (χ1) is 7.83. The van der Waals surface area contributed by atoms with Crippen molar-refractivity contribution in [1.82, 2.24) is 0 Å². The highest BCUT2D eigenvalue weighted by molar-refractivity contribution is 5.32. The van der Waals surface area contributed by atoms with Gasteiger partial charge in [0.15, 0.2) is 0 Å². The zero-order chi connectivity index (χ0) is 11.1. The Morgan fingerprint density at radius 3 is 2.38 bits per heavy atom. The summed E-state index contributed by atoms with van der Waals surface area (Å²) in [5.41, 5.74) is 1.40. The summed E-state index contributed by atoms with van der Waals surface area (Å²) in [6, 6.07) is 0. The smallest absolute Gasteiger partial charge is 0.000120 e. The molecule has 16 heavy (non-hydrogen) atoms. The number of fused-ring (bicyclic) bond motifs is 1. The van der Waals surface area contributed by atoms with Gasteiger partial charge in [-0.2, -0.15) is 0 Å². The zero-order valence-electron chi connectivity index (χ0n) is 10.8. The molecular weight excluding hydrogens is 192 g/mol. The second-order valence-corrected chi connectivity index (χ2v) is 6.47. The van der Waals surface area contributed by atoms with Crippen LogP contribution in [-0.2, 0) is 0 Å². The molecule has 0 aromatic carbocycles. The molecule has 2 atom stereocenters. The van der Waals surface area contributed by atoms with Crippen LogP contribution < -0.4 is 0 Å². The first-order valence-corrected chi connectivity index (χ1v) is 7.53. The molecule has 2 spiro atoms. The number of unbranched alkanes of at least 4 members (excludes halogenated alkanes) is 2. The molecule has 90 valence electrons. The van der Waals surface area contributed by atoms with Crippen molar-refractivity contribution in [1.29, 1.82) is 0 Å². The van der Waals surface area contributed by atoms with E-state index in [0.717, 1.165) is 5.92 Å². The maximum Gasteiger partial charge on any atom is 0.000120 e. The molecule has 3 aliphatic rings. The van der Waals surface area contributed by atoms with Crippen molar-refractivity contribution in [3.63, 3.8) is 0 Å². The highest BCUT2D eigenvalue weighted by Crippen LogP contribution is 2.71. The Morgan fingerprint density at radius 2 is 1.88 bits per heavy atom. The van der Waals surface area contributed by atoms with Gasteiger partial charge >= 0.3 is 0 Å². The molecule has 0 aromatic rings. The van der Waals surface area contributed by atoms with E-state index in [1.54, 1.807) is 0 Å². The Hall–Kier alpha value is -0.260. The SMILES string of the molecule is CCCCCC1CC[C@@]12C=CC21CCCC1. The van der Waals surface area contributed by atoms with Gasteiger partial charge in [-0.25, -0.2) is 0 Å². The molecular formula is C16H26. The summed E-state index contributed by atoms with van der Waals surface area (Å²) in [7, 11) is 0. The van der Waals surface area contributed by atoms with E-state index < -0.39 is 0 Å². The average Bonchev–Trinajstić information content (AvgIpc) is 2.73. The zero-order valence-corrected chi connectivity index (χ0v) is 10.8. The maximum atomic E-state index is 2.61. The summed E-state index contributed by atoms with van der Waals surface area (Å²) < 4.78 is 0. The van der Waals surface area contributed by atoms with Gasteiger partial charge in [-0.3, -0.25) is 0 Å². The minimum atomic E-state index is 0.697. The molecule has 3 rings (SSSR count). The second kappa shape index (κ2) is 3.89. The van der Waals surface area contributed by atoms with Gasteiger partial charge in [-0.15, -0.1) is 0 Å². The molecule has 0 bridgehead atoms. The third kappa shape index (κ3) is 1.28. The molecule has 1 unspecified atom stereocenters. The van der Waals surface area contributed by atoms with Crippen LogP contribution in [0.5, 0.6) is 0 Å². The molecule has 3 aliphatic carbocycles. The van der Waals surface area contributed by atoms with Gasteiger partial charge < -0.3 is 0 Å². The van der Waals surface area contributed by atoms with Crippen molar-refractivity contribution < 1.29 is 0 Å². The quantitative estimate of drug-likeness (QED) is 0.455. The van der Waals surface area contributed by atoms with Gasteiger partial charge in [0, 0.05) is 5.41 Å². The maximum absolute atomic E-state index is 2.61. The summed E-state index contributed by atoms with van der Waals surface area (Å²) in [6.45, 7) is 2.32. The van der Waals surface area contributed by atoms with Gasteiger partial charge in [-0.1, -0.05) is 51.2 Å². The van der Waals surface area contributed by atoms with E-state index in [1.165, 1.54) is 64.2 Å². The summed E-state index contributed by atoms with van der Waals surface area (Å²) in [5, 5.41) is 0. The van der Waals surface area contributed by atoms with Crippen molar-refractivity contribution in [2.24, 2.45) is 16.7 Å². The minimum absolute atomic E-state index is 0.697. The van der Waals surface area contributed by atoms with Crippen molar-refractivity contribution >= 4 is 0 Å². The first kappa shape index (κ1) is 10.9. The summed E-state index contributed by atoms with van der Waals surface area (Å²) in [6.07, 6.45) is 20.1. The van der Waals surface area contributed by atoms with Crippen LogP contribution >= 0.6 is 0 Å². The summed E-state index contributed by atoms with van der Waals surface area (Å²) >= 11 is 0. The van der Waals surface area contributed by atoms with E-state index in [2.05, 4.69) is 19.1 Å². The van der Waals surface area contributed by atoms with Crippen LogP contribution in [0.25, 0.3) is 0 Å². The Balaban J connectivity index is 1.64. The molecule has 0 N–H and O–H groups in total. The molecule has 0 saturated heterocycles. The molecule has 2 fully saturated rings. The van der Waals surface area contributed by atoms with Crippen molar-refractivity contribution in [3.8, 4) is 0 Å². The molecule has 0 aliphatic heterocycles. The van der Waals surface area contributed by atoms with Crippen LogP contribution in [0.15, 0.2) is 12.2 Å². The van der Waals surface area contributed by atoms with Gasteiger partial charge in [0.25, 0.3) is 0 Å². The van der Waals surface area contributed by atoms with E-state index in [9.17, 15) is 0 Å². The lowest BCUT2D eigenvalue weighted by Crippen LogP contribution is -2.55. The predicted octanol–water partition coefficient (Wildman–Crippen LogP) is 5.09. The van der Waals surface area contributed by atoms with Crippen LogP contribution in [0, 0.1) is 16.7 Å². The van der Waals surface area contributed by atoms with Gasteiger partial charge in [0.2, 0.25) is 0 Å². The first-order valence-electron chi connectivity index (χ1n) is 7.53. The van der Waals surface area contributed by atoms with E-state index >= 15 is 0 Å². The Bertz CT molecular complexity index is 282. The van der Waals surface area contributed by atoms with E-state index in [1.807, 2.05) is 0 Å². The normalized spacial score (nSPS) is 38.9. The number of hydrogen-bond donors (Lipinski definition) is 0. The Kier molecular flexibility index (Phi) is 2.64. The third-order valence-corrected chi connectivity index (χ3v) is 5.91. The van der Waals surface area contributed by atoms with E-state index in [0.29, 0.717) is 10.8 Å². The lowest BCUT2D eigenvalue weighted by Gasteiger charge is -2.63. The molecule has 0 amide bonds. The van der Waals surface area contributed by atoms with E-state index in [4.69, 9.17) is 0 Å². The third-order valence-electron chi connectivity index (χ3n) is 5.91. The Morgan fingerprint density at radius 1 is 1.06 bits per heavy atom. The highest BCUT2D eigenvalue weighted by atomic mass is 14.7. The molecule has 0 radical (unpaired) electrons. The fourth-order valence-corrected chi connectivity index (χ4v) is 4.75. The van der Waals surface area contributed by atoms with Crippen LogP contribution in [-0.4, -0.2) is 0 Å². The number of hydrogen-bond acceptors (Lipinski definition) is 0. The predicted molar refractivity (Wildman–Crippen MR) is 69.3 cm³/mol. The van der Waals surface area contributed by atoms with Crippen LogP contribution in [0.2, 0.25) is 0 Å². The van der Waals surface area contributed by atoms with Gasteiger partial charge in [0.1, 0.15) is 0 Å². The van der Waals surface area contributed by atoms with Crippen LogP contribution in [0.4, 0.5) is 0 Å². The summed E-state index contributed by atoms with van der Waals surface area (Å²) in [4.78, 5) is 0. The standard InChI is InChI=1S/C16H26/c1-2-3-4-7-14-8-11-16(14)13-12-15(16)9-5-6-10-15/h12-14H,2-11H2,1H3/t14?,16-/m1/s1.